The molecule has 3 aromatic rings. The first-order valence-corrected chi connectivity index (χ1v) is 13.0. The fourth-order valence-corrected chi connectivity index (χ4v) is 4.95. The van der Waals surface area contributed by atoms with Crippen LogP contribution in [0.5, 0.6) is 5.75 Å². The predicted molar refractivity (Wildman–Crippen MR) is 145 cm³/mol. The Bertz CT molecular complexity index is 1330. The molecule has 0 aromatic heterocycles. The van der Waals surface area contributed by atoms with Gasteiger partial charge in [-0.1, -0.05) is 57.9 Å². The number of nitrogens with zero attached hydrogens (tertiary/aromatic N) is 1. The van der Waals surface area contributed by atoms with Crippen molar-refractivity contribution in [2.45, 2.75) is 6.61 Å². The van der Waals surface area contributed by atoms with Gasteiger partial charge in [0.25, 0.3) is 11.1 Å². The van der Waals surface area contributed by atoms with E-state index >= 15 is 0 Å². The molecule has 6 nitrogen and oxygen atoms in total. The zero-order valence-corrected chi connectivity index (χ0v) is 22.7. The van der Waals surface area contributed by atoms with Gasteiger partial charge in [0.1, 0.15) is 18.9 Å². The average molecular weight is 637 g/mol. The molecule has 4 rings (SSSR count). The van der Waals surface area contributed by atoms with Gasteiger partial charge in [-0.25, -0.2) is 0 Å². The molecule has 10 heteroatoms. The highest BCUT2D eigenvalue weighted by molar-refractivity contribution is 9.10. The maximum absolute atomic E-state index is 12.8. The minimum absolute atomic E-state index is 0.232. The van der Waals surface area contributed by atoms with E-state index in [4.69, 9.17) is 16.3 Å². The van der Waals surface area contributed by atoms with Crippen LogP contribution < -0.4 is 10.1 Å². The zero-order valence-electron chi connectivity index (χ0n) is 18.0. The van der Waals surface area contributed by atoms with Crippen LogP contribution in [0.25, 0.3) is 6.08 Å². The molecule has 1 fully saturated rings. The van der Waals surface area contributed by atoms with Gasteiger partial charge in [0.15, 0.2) is 0 Å². The van der Waals surface area contributed by atoms with Crippen LogP contribution in [-0.4, -0.2) is 28.5 Å². The van der Waals surface area contributed by atoms with Gasteiger partial charge in [-0.2, -0.15) is 0 Å². The molecule has 35 heavy (non-hydrogen) atoms. The topological polar surface area (TPSA) is 75.7 Å². The number of hydrogen-bond acceptors (Lipinski definition) is 5. The Kier molecular flexibility index (Phi) is 8.33. The zero-order chi connectivity index (χ0) is 24.9. The van der Waals surface area contributed by atoms with Gasteiger partial charge in [-0.3, -0.25) is 19.3 Å². The first kappa shape index (κ1) is 25.5. The summed E-state index contributed by atoms with van der Waals surface area (Å²) in [7, 11) is 0. The number of thioether (sulfide) groups is 1. The third-order valence-corrected chi connectivity index (χ3v) is 7.27. The molecule has 1 saturated heterocycles. The van der Waals surface area contributed by atoms with E-state index < -0.39 is 23.6 Å². The Labute approximate surface area is 227 Å². The number of anilines is 1. The fraction of sp³-hybridized carbons (Fsp3) is 0.0800. The number of hydrogen-bond donors (Lipinski definition) is 1. The van der Waals surface area contributed by atoms with Crippen LogP contribution in [0.15, 0.2) is 80.6 Å². The average Bonchev–Trinajstić information content (AvgIpc) is 3.08. The van der Waals surface area contributed by atoms with E-state index in [2.05, 4.69) is 37.2 Å². The second-order valence-corrected chi connectivity index (χ2v) is 10.6. The van der Waals surface area contributed by atoms with Gasteiger partial charge in [-0.15, -0.1) is 0 Å². The summed E-state index contributed by atoms with van der Waals surface area (Å²) in [5.41, 5.74) is 2.14. The van der Waals surface area contributed by atoms with Crippen molar-refractivity contribution in [3.05, 3.63) is 96.7 Å². The minimum Gasteiger partial charge on any atom is -0.488 e. The molecule has 1 heterocycles. The van der Waals surface area contributed by atoms with Crippen molar-refractivity contribution in [1.82, 2.24) is 4.90 Å². The lowest BCUT2D eigenvalue weighted by Gasteiger charge is -2.13. The molecular formula is C25H17Br2ClN2O4S. The Morgan fingerprint density at radius 3 is 2.51 bits per heavy atom. The molecule has 3 amide bonds. The minimum atomic E-state index is -0.527. The van der Waals surface area contributed by atoms with E-state index in [9.17, 15) is 14.4 Å². The standard InChI is InChI=1S/C25H17Br2ClN2O4S/c26-17-8-5-15(6-9-17)14-34-21-10-7-16(11-18(21)27)12-22-24(32)30(25(33)35-22)13-23(31)29-20-4-2-1-3-19(20)28/h1-12H,13-14H2,(H,29,31)/b22-12+. The van der Waals surface area contributed by atoms with Crippen LogP contribution in [-0.2, 0) is 16.2 Å². The summed E-state index contributed by atoms with van der Waals surface area (Å²) in [4.78, 5) is 38.7. The Balaban J connectivity index is 1.40. The van der Waals surface area contributed by atoms with Gasteiger partial charge in [0.05, 0.1) is 20.1 Å². The molecule has 0 atom stereocenters. The van der Waals surface area contributed by atoms with Crippen molar-refractivity contribution < 1.29 is 19.1 Å². The van der Waals surface area contributed by atoms with E-state index in [0.29, 0.717) is 33.1 Å². The van der Waals surface area contributed by atoms with E-state index in [-0.39, 0.29) is 4.91 Å². The molecule has 0 radical (unpaired) electrons. The summed E-state index contributed by atoms with van der Waals surface area (Å²) in [6, 6.07) is 19.9. The highest BCUT2D eigenvalue weighted by Crippen LogP contribution is 2.34. The first-order valence-electron chi connectivity index (χ1n) is 10.3. The number of ether oxygens (including phenoxy) is 1. The highest BCUT2D eigenvalue weighted by Gasteiger charge is 2.36. The van der Waals surface area contributed by atoms with Crippen LogP contribution in [0.3, 0.4) is 0 Å². The lowest BCUT2D eigenvalue weighted by atomic mass is 10.2. The van der Waals surface area contributed by atoms with Crippen LogP contribution >= 0.6 is 55.2 Å². The van der Waals surface area contributed by atoms with Gasteiger partial charge in [0, 0.05) is 4.47 Å². The molecule has 178 valence electrons. The Morgan fingerprint density at radius 2 is 1.80 bits per heavy atom. The number of rotatable bonds is 7. The van der Waals surface area contributed by atoms with Crippen molar-refractivity contribution in [2.24, 2.45) is 0 Å². The molecule has 0 bridgehead atoms. The van der Waals surface area contributed by atoms with Crippen molar-refractivity contribution >= 4 is 84.0 Å². The second kappa shape index (κ2) is 11.4. The van der Waals surface area contributed by atoms with E-state index in [1.54, 1.807) is 48.5 Å². The lowest BCUT2D eigenvalue weighted by molar-refractivity contribution is -0.127. The van der Waals surface area contributed by atoms with Crippen LogP contribution in [0, 0.1) is 0 Å². The summed E-state index contributed by atoms with van der Waals surface area (Å²) >= 11 is 13.7. The summed E-state index contributed by atoms with van der Waals surface area (Å²) in [6.07, 6.45) is 1.61. The Hall–Kier alpha value is -2.59. The van der Waals surface area contributed by atoms with Gasteiger partial charge >= 0.3 is 0 Å². The molecule has 0 saturated carbocycles. The molecule has 0 unspecified atom stereocenters. The highest BCUT2D eigenvalue weighted by atomic mass is 79.9. The number of halogens is 3. The second-order valence-electron chi connectivity index (χ2n) is 7.40. The number of imide groups is 1. The monoisotopic (exact) mass is 634 g/mol. The maximum Gasteiger partial charge on any atom is 0.294 e. The number of para-hydroxylation sites is 1. The smallest absolute Gasteiger partial charge is 0.294 e. The third-order valence-electron chi connectivity index (χ3n) is 4.88. The SMILES string of the molecule is O=C(CN1C(=O)S/C(=C/c2ccc(OCc3ccc(Br)cc3)c(Br)c2)C1=O)Nc1ccccc1Cl. The molecule has 0 aliphatic carbocycles. The summed E-state index contributed by atoms with van der Waals surface area (Å²) in [5.74, 6) is -0.396. The molecule has 1 aliphatic rings. The lowest BCUT2D eigenvalue weighted by Crippen LogP contribution is -2.36. The largest absolute Gasteiger partial charge is 0.488 e. The molecule has 3 aromatic carbocycles. The molecule has 1 N–H and O–H groups in total. The third kappa shape index (κ3) is 6.55. The van der Waals surface area contributed by atoms with Crippen LogP contribution in [0.1, 0.15) is 11.1 Å². The maximum atomic E-state index is 12.8. The summed E-state index contributed by atoms with van der Waals surface area (Å²) in [6.45, 7) is 0.000132. The molecular weight excluding hydrogens is 620 g/mol. The number of benzene rings is 3. The fourth-order valence-electron chi connectivity index (χ4n) is 3.15. The van der Waals surface area contributed by atoms with Gasteiger partial charge in [0.2, 0.25) is 5.91 Å². The summed E-state index contributed by atoms with van der Waals surface area (Å²) in [5, 5.41) is 2.47. The molecule has 1 aliphatic heterocycles. The van der Waals surface area contributed by atoms with E-state index in [1.165, 1.54) is 0 Å². The Morgan fingerprint density at radius 1 is 1.06 bits per heavy atom. The van der Waals surface area contributed by atoms with E-state index in [1.807, 2.05) is 24.3 Å². The summed E-state index contributed by atoms with van der Waals surface area (Å²) < 4.78 is 7.58. The quantitative estimate of drug-likeness (QED) is 0.280. The van der Waals surface area contributed by atoms with Crippen molar-refractivity contribution in [1.29, 1.82) is 0 Å². The predicted octanol–water partition coefficient (Wildman–Crippen LogP) is 7.12. The molecule has 0 spiro atoms. The first-order chi connectivity index (χ1) is 16.8. The van der Waals surface area contributed by atoms with Crippen molar-refractivity contribution in [3.8, 4) is 5.75 Å². The van der Waals surface area contributed by atoms with Crippen molar-refractivity contribution in [2.75, 3.05) is 11.9 Å². The van der Waals surface area contributed by atoms with Crippen LogP contribution in [0.2, 0.25) is 5.02 Å². The van der Waals surface area contributed by atoms with E-state index in [0.717, 1.165) is 26.7 Å². The van der Waals surface area contributed by atoms with Gasteiger partial charge < -0.3 is 10.1 Å². The number of carbonyl (C=O) groups excluding carboxylic acids is 3. The van der Waals surface area contributed by atoms with Crippen molar-refractivity contribution in [3.63, 3.8) is 0 Å². The number of amides is 3. The number of carbonyl (C=O) groups is 3. The van der Waals surface area contributed by atoms with Gasteiger partial charge in [-0.05, 0) is 81.3 Å². The van der Waals surface area contributed by atoms with Crippen LogP contribution in [0.4, 0.5) is 10.5 Å². The number of nitrogens with one attached hydrogen (secondary N) is 1. The normalized spacial score (nSPS) is 14.5.